The fraction of sp³-hybridized carbons (Fsp3) is 0.154. The van der Waals surface area contributed by atoms with Gasteiger partial charge in [0, 0.05) is 28.2 Å². The molecule has 15 heavy (non-hydrogen) atoms. The van der Waals surface area contributed by atoms with Crippen molar-refractivity contribution in [2.75, 3.05) is 0 Å². The lowest BCUT2D eigenvalue weighted by Gasteiger charge is -2.05. The maximum Gasteiger partial charge on any atom is 0.0710 e. The van der Waals surface area contributed by atoms with Crippen LogP contribution in [0.15, 0.2) is 30.5 Å². The van der Waals surface area contributed by atoms with Gasteiger partial charge in [0.25, 0.3) is 0 Å². The highest BCUT2D eigenvalue weighted by Gasteiger charge is 2.02. The summed E-state index contributed by atoms with van der Waals surface area (Å²) in [6.07, 6.45) is 1.85. The molecule has 1 N–H and O–H groups in total. The zero-order chi connectivity index (χ0) is 10.4. The molecule has 0 bridgehead atoms. The summed E-state index contributed by atoms with van der Waals surface area (Å²) in [7, 11) is 0. The van der Waals surface area contributed by atoms with E-state index in [2.05, 4.69) is 42.0 Å². The number of hydrogen-bond acceptors (Lipinski definition) is 1. The van der Waals surface area contributed by atoms with Crippen LogP contribution in [0.25, 0.3) is 21.8 Å². The van der Waals surface area contributed by atoms with E-state index in [1.54, 1.807) is 0 Å². The standard InChI is InChI=1S/C13H12N2/c1-8-5-9(2)15-13-6-10-3-4-14-12(10)7-11(8)13/h3-7,15H,1-2H3. The van der Waals surface area contributed by atoms with Gasteiger partial charge in [0.1, 0.15) is 0 Å². The molecule has 74 valence electrons. The zero-order valence-electron chi connectivity index (χ0n) is 8.83. The summed E-state index contributed by atoms with van der Waals surface area (Å²) in [6, 6.07) is 8.52. The van der Waals surface area contributed by atoms with Crippen molar-refractivity contribution in [2.45, 2.75) is 13.8 Å². The quantitative estimate of drug-likeness (QED) is 0.587. The fourth-order valence-corrected chi connectivity index (χ4v) is 2.13. The van der Waals surface area contributed by atoms with Gasteiger partial charge in [0.2, 0.25) is 0 Å². The van der Waals surface area contributed by atoms with Crippen LogP contribution in [-0.4, -0.2) is 9.97 Å². The van der Waals surface area contributed by atoms with Crippen molar-refractivity contribution in [3.05, 3.63) is 41.7 Å². The van der Waals surface area contributed by atoms with Gasteiger partial charge in [-0.25, -0.2) is 0 Å². The molecule has 0 unspecified atom stereocenters. The molecule has 2 nitrogen and oxygen atoms in total. The number of aromatic nitrogens is 2. The van der Waals surface area contributed by atoms with Crippen LogP contribution in [0.1, 0.15) is 11.3 Å². The molecule has 1 aromatic carbocycles. The minimum absolute atomic E-state index is 1.07. The molecule has 2 aromatic heterocycles. The van der Waals surface area contributed by atoms with Crippen LogP contribution >= 0.6 is 0 Å². The first-order valence-corrected chi connectivity index (χ1v) is 5.09. The Morgan fingerprint density at radius 2 is 2.00 bits per heavy atom. The highest BCUT2D eigenvalue weighted by Crippen LogP contribution is 2.23. The third-order valence-corrected chi connectivity index (χ3v) is 2.82. The average Bonchev–Trinajstić information content (AvgIpc) is 2.61. The lowest BCUT2D eigenvalue weighted by molar-refractivity contribution is 1.24. The zero-order valence-corrected chi connectivity index (χ0v) is 8.83. The lowest BCUT2D eigenvalue weighted by atomic mass is 10.1. The smallest absolute Gasteiger partial charge is 0.0710 e. The molecule has 0 amide bonds. The van der Waals surface area contributed by atoms with Crippen molar-refractivity contribution in [3.63, 3.8) is 0 Å². The minimum Gasteiger partial charge on any atom is -0.359 e. The van der Waals surface area contributed by atoms with Crippen molar-refractivity contribution in [2.24, 2.45) is 0 Å². The molecule has 0 aliphatic heterocycles. The molecule has 2 heterocycles. The molecular formula is C13H12N2. The number of pyridine rings is 1. The number of fused-ring (bicyclic) bond motifs is 2. The number of aromatic amines is 1. The summed E-state index contributed by atoms with van der Waals surface area (Å²) in [6.45, 7) is 4.22. The molecule has 0 aliphatic carbocycles. The van der Waals surface area contributed by atoms with Crippen molar-refractivity contribution in [1.29, 1.82) is 0 Å². The first-order valence-electron chi connectivity index (χ1n) is 5.09. The van der Waals surface area contributed by atoms with E-state index in [1.807, 2.05) is 12.3 Å². The number of nitrogens with zero attached hydrogens (tertiary/aromatic N) is 1. The van der Waals surface area contributed by atoms with Gasteiger partial charge in [0.15, 0.2) is 0 Å². The van der Waals surface area contributed by atoms with Gasteiger partial charge >= 0.3 is 0 Å². The monoisotopic (exact) mass is 196 g/mol. The predicted molar refractivity (Wildman–Crippen MR) is 63.1 cm³/mol. The third-order valence-electron chi connectivity index (χ3n) is 2.82. The van der Waals surface area contributed by atoms with E-state index in [0.717, 1.165) is 5.52 Å². The highest BCUT2D eigenvalue weighted by atomic mass is 14.7. The van der Waals surface area contributed by atoms with Crippen molar-refractivity contribution in [1.82, 2.24) is 9.97 Å². The van der Waals surface area contributed by atoms with E-state index in [4.69, 9.17) is 0 Å². The van der Waals surface area contributed by atoms with Crippen LogP contribution in [0.4, 0.5) is 0 Å². The van der Waals surface area contributed by atoms with E-state index in [-0.39, 0.29) is 0 Å². The van der Waals surface area contributed by atoms with Gasteiger partial charge in [-0.15, -0.1) is 0 Å². The predicted octanol–water partition coefficient (Wildman–Crippen LogP) is 3.33. The minimum atomic E-state index is 1.07. The van der Waals surface area contributed by atoms with Crippen molar-refractivity contribution < 1.29 is 0 Å². The Bertz CT molecular complexity index is 650. The van der Waals surface area contributed by atoms with Gasteiger partial charge < -0.3 is 4.98 Å². The molecule has 3 aromatic rings. The summed E-state index contributed by atoms with van der Waals surface area (Å²) < 4.78 is 0. The van der Waals surface area contributed by atoms with Crippen molar-refractivity contribution in [3.8, 4) is 0 Å². The molecule has 3 rings (SSSR count). The number of benzene rings is 1. The van der Waals surface area contributed by atoms with E-state index in [9.17, 15) is 0 Å². The molecule has 2 heteroatoms. The fourth-order valence-electron chi connectivity index (χ4n) is 2.13. The molecule has 0 fully saturated rings. The second kappa shape index (κ2) is 2.83. The Morgan fingerprint density at radius 1 is 1.13 bits per heavy atom. The molecule has 0 saturated carbocycles. The Hall–Kier alpha value is -1.83. The first-order chi connectivity index (χ1) is 7.24. The van der Waals surface area contributed by atoms with Gasteiger partial charge in [-0.05, 0) is 43.7 Å². The van der Waals surface area contributed by atoms with Crippen molar-refractivity contribution >= 4 is 21.8 Å². The topological polar surface area (TPSA) is 28.7 Å². The van der Waals surface area contributed by atoms with Crippen LogP contribution in [0.5, 0.6) is 0 Å². The van der Waals surface area contributed by atoms with E-state index >= 15 is 0 Å². The van der Waals surface area contributed by atoms with Crippen LogP contribution in [-0.2, 0) is 0 Å². The second-order valence-corrected chi connectivity index (χ2v) is 4.04. The van der Waals surface area contributed by atoms with E-state index in [0.29, 0.717) is 0 Å². The maximum absolute atomic E-state index is 4.32. The molecule has 0 aliphatic rings. The summed E-state index contributed by atoms with van der Waals surface area (Å²) in [5.41, 5.74) is 4.75. The molecule has 0 spiro atoms. The van der Waals surface area contributed by atoms with Crippen LogP contribution in [0.2, 0.25) is 0 Å². The third kappa shape index (κ3) is 1.22. The SMILES string of the molecule is Cc1cc(C)c2cc3nccc3cc2[nH]1. The normalized spacial score (nSPS) is 11.3. The number of hydrogen-bond donors (Lipinski definition) is 1. The Labute approximate surface area is 88.0 Å². The molecule has 0 atom stereocenters. The molecule has 0 saturated heterocycles. The first kappa shape index (κ1) is 8.48. The number of nitrogens with one attached hydrogen (secondary N) is 1. The van der Waals surface area contributed by atoms with Crippen LogP contribution < -0.4 is 0 Å². The van der Waals surface area contributed by atoms with Gasteiger partial charge in [-0.3, -0.25) is 4.98 Å². The van der Waals surface area contributed by atoms with Gasteiger partial charge in [-0.2, -0.15) is 0 Å². The lowest BCUT2D eigenvalue weighted by Crippen LogP contribution is -1.87. The average molecular weight is 196 g/mol. The summed E-state index contributed by atoms with van der Waals surface area (Å²) >= 11 is 0. The maximum atomic E-state index is 4.32. The number of rotatable bonds is 0. The van der Waals surface area contributed by atoms with E-state index in [1.165, 1.54) is 27.5 Å². The van der Waals surface area contributed by atoms with Crippen LogP contribution in [0.3, 0.4) is 0 Å². The second-order valence-electron chi connectivity index (χ2n) is 4.04. The Balaban J connectivity index is 2.54. The summed E-state index contributed by atoms with van der Waals surface area (Å²) in [4.78, 5) is 7.70. The number of aryl methyl sites for hydroxylation is 2. The number of H-pyrrole nitrogens is 1. The highest BCUT2D eigenvalue weighted by molar-refractivity contribution is 5.96. The van der Waals surface area contributed by atoms with Gasteiger partial charge in [-0.1, -0.05) is 0 Å². The Kier molecular flexibility index (Phi) is 1.60. The molecular weight excluding hydrogens is 184 g/mol. The van der Waals surface area contributed by atoms with Crippen LogP contribution in [0, 0.1) is 13.8 Å². The Morgan fingerprint density at radius 3 is 2.87 bits per heavy atom. The van der Waals surface area contributed by atoms with E-state index < -0.39 is 0 Å². The largest absolute Gasteiger partial charge is 0.359 e. The molecule has 0 radical (unpaired) electrons. The summed E-state index contributed by atoms with van der Waals surface area (Å²) in [5, 5.41) is 2.45. The van der Waals surface area contributed by atoms with Gasteiger partial charge in [0.05, 0.1) is 5.52 Å². The summed E-state index contributed by atoms with van der Waals surface area (Å²) in [5.74, 6) is 0.